The molecule has 0 heterocycles. The van der Waals surface area contributed by atoms with E-state index in [1.165, 1.54) is 25.7 Å². The Balaban J connectivity index is 5.05. The Morgan fingerprint density at radius 3 is 2.05 bits per heavy atom. The summed E-state index contributed by atoms with van der Waals surface area (Å²) in [7, 11) is 0. The maximum absolute atomic E-state index is 3.84. The van der Waals surface area contributed by atoms with Gasteiger partial charge < -0.3 is 5.32 Å². The highest BCUT2D eigenvalue weighted by molar-refractivity contribution is 4.98. The van der Waals surface area contributed by atoms with Crippen molar-refractivity contribution in [1.29, 1.82) is 0 Å². The molecule has 0 radical (unpaired) electrons. The van der Waals surface area contributed by atoms with Crippen LogP contribution in [-0.4, -0.2) is 36.1 Å². The van der Waals surface area contributed by atoms with Crippen LogP contribution in [0.2, 0.25) is 0 Å². The lowest BCUT2D eigenvalue weighted by molar-refractivity contribution is 0.0460. The van der Waals surface area contributed by atoms with Crippen LogP contribution in [0, 0.1) is 0 Å². The summed E-state index contributed by atoms with van der Waals surface area (Å²) in [6.07, 6.45) is 8.10. The van der Waals surface area contributed by atoms with Gasteiger partial charge in [-0.2, -0.15) is 0 Å². The Labute approximate surface area is 121 Å². The van der Waals surface area contributed by atoms with Gasteiger partial charge in [-0.25, -0.2) is 0 Å². The molecule has 0 amide bonds. The smallest absolute Gasteiger partial charge is 0.0357 e. The van der Waals surface area contributed by atoms with Crippen molar-refractivity contribution in [2.75, 3.05) is 19.6 Å². The first-order valence-corrected chi connectivity index (χ1v) is 8.25. The molecule has 0 bridgehead atoms. The molecular weight excluding hydrogens is 232 g/mol. The highest BCUT2D eigenvalue weighted by Gasteiger charge is 2.38. The van der Waals surface area contributed by atoms with Gasteiger partial charge in [0.1, 0.15) is 0 Å². The van der Waals surface area contributed by atoms with E-state index in [2.05, 4.69) is 51.4 Å². The first kappa shape index (κ1) is 18.7. The fraction of sp³-hybridized carbons (Fsp3) is 0.882. The van der Waals surface area contributed by atoms with Gasteiger partial charge in [-0.1, -0.05) is 40.7 Å². The fourth-order valence-corrected chi connectivity index (χ4v) is 3.54. The second-order valence-corrected chi connectivity index (χ2v) is 5.31. The molecule has 0 aliphatic rings. The fourth-order valence-electron chi connectivity index (χ4n) is 3.54. The normalized spacial score (nSPS) is 13.8. The van der Waals surface area contributed by atoms with Crippen molar-refractivity contribution in [3.63, 3.8) is 0 Å². The number of unbranched alkanes of at least 4 members (excludes halogenated alkanes) is 1. The van der Waals surface area contributed by atoms with Crippen LogP contribution in [-0.2, 0) is 0 Å². The van der Waals surface area contributed by atoms with E-state index in [1.54, 1.807) is 0 Å². The minimum Gasteiger partial charge on any atom is -0.312 e. The van der Waals surface area contributed by atoms with E-state index in [0.29, 0.717) is 11.6 Å². The number of hydrogen-bond donors (Lipinski definition) is 1. The predicted molar refractivity (Wildman–Crippen MR) is 87.7 cm³/mol. The molecule has 0 aromatic heterocycles. The van der Waals surface area contributed by atoms with Crippen LogP contribution in [0.15, 0.2) is 12.7 Å². The standard InChI is InChI=1S/C17H36N2/c1-7-13-14-15-16(18-10-4)17(8-2,9-3)19(11-5)12-6/h7,16,18H,1,8-15H2,2-6H3. The van der Waals surface area contributed by atoms with E-state index < -0.39 is 0 Å². The maximum atomic E-state index is 3.84. The molecule has 19 heavy (non-hydrogen) atoms. The summed E-state index contributed by atoms with van der Waals surface area (Å²) < 4.78 is 0. The molecule has 2 nitrogen and oxygen atoms in total. The molecule has 1 atom stereocenters. The molecular formula is C17H36N2. The summed E-state index contributed by atoms with van der Waals surface area (Å²) in [4.78, 5) is 2.66. The number of nitrogens with zero attached hydrogens (tertiary/aromatic N) is 1. The first-order chi connectivity index (χ1) is 9.16. The highest BCUT2D eigenvalue weighted by Crippen LogP contribution is 2.30. The number of nitrogens with one attached hydrogen (secondary N) is 1. The average Bonchev–Trinajstić information content (AvgIpc) is 2.44. The summed E-state index contributed by atoms with van der Waals surface area (Å²) in [6.45, 7) is 18.7. The molecule has 0 saturated carbocycles. The van der Waals surface area contributed by atoms with Gasteiger partial charge in [-0.15, -0.1) is 6.58 Å². The summed E-state index contributed by atoms with van der Waals surface area (Å²) in [5.74, 6) is 0. The van der Waals surface area contributed by atoms with Gasteiger partial charge >= 0.3 is 0 Å². The van der Waals surface area contributed by atoms with E-state index in [9.17, 15) is 0 Å². The van der Waals surface area contributed by atoms with Crippen LogP contribution in [0.4, 0.5) is 0 Å². The van der Waals surface area contributed by atoms with Crippen LogP contribution >= 0.6 is 0 Å². The molecule has 0 aromatic carbocycles. The second-order valence-electron chi connectivity index (χ2n) is 5.31. The van der Waals surface area contributed by atoms with Crippen molar-refractivity contribution >= 4 is 0 Å². The zero-order chi connectivity index (χ0) is 14.7. The minimum absolute atomic E-state index is 0.306. The third kappa shape index (κ3) is 4.92. The lowest BCUT2D eigenvalue weighted by Crippen LogP contribution is -2.60. The SMILES string of the molecule is C=CCCCC(NCC)C(CC)(CC)N(CC)CC. The Bertz CT molecular complexity index is 217. The topological polar surface area (TPSA) is 15.3 Å². The molecule has 0 aliphatic carbocycles. The summed E-state index contributed by atoms with van der Waals surface area (Å²) >= 11 is 0. The summed E-state index contributed by atoms with van der Waals surface area (Å²) in [5, 5.41) is 3.76. The van der Waals surface area contributed by atoms with Gasteiger partial charge in [-0.3, -0.25) is 4.90 Å². The van der Waals surface area contributed by atoms with Crippen molar-refractivity contribution in [1.82, 2.24) is 10.2 Å². The summed E-state index contributed by atoms with van der Waals surface area (Å²) in [6, 6.07) is 0.590. The first-order valence-electron chi connectivity index (χ1n) is 8.25. The maximum Gasteiger partial charge on any atom is 0.0357 e. The Hall–Kier alpha value is -0.340. The van der Waals surface area contributed by atoms with Gasteiger partial charge in [-0.05, 0) is 51.7 Å². The van der Waals surface area contributed by atoms with Gasteiger partial charge in [0.2, 0.25) is 0 Å². The number of hydrogen-bond acceptors (Lipinski definition) is 2. The van der Waals surface area contributed by atoms with E-state index in [0.717, 1.165) is 26.1 Å². The van der Waals surface area contributed by atoms with E-state index >= 15 is 0 Å². The molecule has 0 fully saturated rings. The lowest BCUT2D eigenvalue weighted by Gasteiger charge is -2.48. The van der Waals surface area contributed by atoms with E-state index in [-0.39, 0.29) is 0 Å². The highest BCUT2D eigenvalue weighted by atomic mass is 15.2. The molecule has 0 spiro atoms. The van der Waals surface area contributed by atoms with Crippen molar-refractivity contribution in [2.24, 2.45) is 0 Å². The van der Waals surface area contributed by atoms with Crippen molar-refractivity contribution in [3.05, 3.63) is 12.7 Å². The van der Waals surface area contributed by atoms with Gasteiger partial charge in [0.15, 0.2) is 0 Å². The molecule has 0 aromatic rings. The Morgan fingerprint density at radius 1 is 1.11 bits per heavy atom. The third-order valence-electron chi connectivity index (χ3n) is 4.62. The van der Waals surface area contributed by atoms with Gasteiger partial charge in [0, 0.05) is 11.6 Å². The zero-order valence-corrected chi connectivity index (χ0v) is 14.0. The van der Waals surface area contributed by atoms with E-state index in [1.807, 2.05) is 6.08 Å². The predicted octanol–water partition coefficient (Wildman–Crippen LogP) is 4.22. The van der Waals surface area contributed by atoms with Crippen LogP contribution < -0.4 is 5.32 Å². The van der Waals surface area contributed by atoms with Crippen molar-refractivity contribution in [3.8, 4) is 0 Å². The second kappa shape index (κ2) is 10.4. The Kier molecular flexibility index (Phi) is 10.3. The third-order valence-corrected chi connectivity index (χ3v) is 4.62. The van der Waals surface area contributed by atoms with Crippen LogP contribution in [0.5, 0.6) is 0 Å². The molecule has 2 heteroatoms. The number of allylic oxidation sites excluding steroid dienone is 1. The largest absolute Gasteiger partial charge is 0.312 e. The Morgan fingerprint density at radius 2 is 1.68 bits per heavy atom. The molecule has 114 valence electrons. The van der Waals surface area contributed by atoms with E-state index in [4.69, 9.17) is 0 Å². The lowest BCUT2D eigenvalue weighted by atomic mass is 9.80. The minimum atomic E-state index is 0.306. The zero-order valence-electron chi connectivity index (χ0n) is 14.0. The van der Waals surface area contributed by atoms with Gasteiger partial charge in [0.25, 0.3) is 0 Å². The van der Waals surface area contributed by atoms with Crippen molar-refractivity contribution < 1.29 is 0 Å². The van der Waals surface area contributed by atoms with Crippen LogP contribution in [0.3, 0.4) is 0 Å². The monoisotopic (exact) mass is 268 g/mol. The quantitative estimate of drug-likeness (QED) is 0.421. The molecule has 0 aliphatic heterocycles. The average molecular weight is 268 g/mol. The van der Waals surface area contributed by atoms with Gasteiger partial charge in [0.05, 0.1) is 0 Å². The van der Waals surface area contributed by atoms with Crippen molar-refractivity contribution in [2.45, 2.75) is 78.3 Å². The molecule has 0 saturated heterocycles. The van der Waals surface area contributed by atoms with Crippen LogP contribution in [0.1, 0.15) is 66.7 Å². The number of rotatable bonds is 12. The van der Waals surface area contributed by atoms with Crippen LogP contribution in [0.25, 0.3) is 0 Å². The molecule has 1 N–H and O–H groups in total. The molecule has 0 rings (SSSR count). The summed E-state index contributed by atoms with van der Waals surface area (Å²) in [5.41, 5.74) is 0.306. The number of likely N-dealkylation sites (N-methyl/N-ethyl adjacent to an activating group) is 2. The molecule has 1 unspecified atom stereocenters.